The molecule has 0 spiro atoms. The average molecular weight is 257 g/mol. The maximum absolute atomic E-state index is 6.06. The number of fused-ring (bicyclic) bond motifs is 1. The quantitative estimate of drug-likeness (QED) is 0.857. The van der Waals surface area contributed by atoms with Gasteiger partial charge in [-0.25, -0.2) is 9.97 Å². The van der Waals surface area contributed by atoms with Gasteiger partial charge in [0.15, 0.2) is 5.65 Å². The summed E-state index contributed by atoms with van der Waals surface area (Å²) in [7, 11) is 2.16. The fourth-order valence-corrected chi connectivity index (χ4v) is 2.52. The SMILES string of the molecule is CN1CCC(Nc2cc(N)c3cccnc3n2)CC1. The highest BCUT2D eigenvalue weighted by Crippen LogP contribution is 2.22. The molecule has 1 aliphatic heterocycles. The Morgan fingerprint density at radius 1 is 1.37 bits per heavy atom. The van der Waals surface area contributed by atoms with Gasteiger partial charge in [0.25, 0.3) is 0 Å². The number of likely N-dealkylation sites (tertiary alicyclic amines) is 1. The van der Waals surface area contributed by atoms with Crippen molar-refractivity contribution >= 4 is 22.5 Å². The molecule has 5 nitrogen and oxygen atoms in total. The lowest BCUT2D eigenvalue weighted by atomic mass is 10.1. The molecule has 1 saturated heterocycles. The Hall–Kier alpha value is -1.88. The predicted octanol–water partition coefficient (Wildman–Crippen LogP) is 1.72. The summed E-state index contributed by atoms with van der Waals surface area (Å²) in [6.45, 7) is 2.25. The highest BCUT2D eigenvalue weighted by molar-refractivity contribution is 5.89. The van der Waals surface area contributed by atoms with E-state index in [1.54, 1.807) is 6.20 Å². The molecule has 2 aromatic rings. The van der Waals surface area contributed by atoms with Gasteiger partial charge in [0, 0.05) is 29.4 Å². The van der Waals surface area contributed by atoms with Crippen molar-refractivity contribution in [2.45, 2.75) is 18.9 Å². The zero-order valence-electron chi connectivity index (χ0n) is 11.1. The van der Waals surface area contributed by atoms with Crippen LogP contribution in [0.1, 0.15) is 12.8 Å². The Morgan fingerprint density at radius 3 is 2.95 bits per heavy atom. The van der Waals surface area contributed by atoms with Crippen molar-refractivity contribution in [1.82, 2.24) is 14.9 Å². The van der Waals surface area contributed by atoms with Crippen molar-refractivity contribution in [1.29, 1.82) is 0 Å². The van der Waals surface area contributed by atoms with Crippen molar-refractivity contribution in [2.24, 2.45) is 0 Å². The number of anilines is 2. The summed E-state index contributed by atoms with van der Waals surface area (Å²) in [6.07, 6.45) is 4.02. The van der Waals surface area contributed by atoms with Crippen LogP contribution in [-0.2, 0) is 0 Å². The number of hydrogen-bond donors (Lipinski definition) is 2. The zero-order valence-corrected chi connectivity index (χ0v) is 11.1. The molecule has 2 aromatic heterocycles. The normalized spacial score (nSPS) is 17.7. The van der Waals surface area contributed by atoms with Crippen LogP contribution in [0.2, 0.25) is 0 Å². The maximum atomic E-state index is 6.06. The third-order valence-electron chi connectivity index (χ3n) is 3.69. The second-order valence-corrected chi connectivity index (χ2v) is 5.19. The van der Waals surface area contributed by atoms with Gasteiger partial charge in [0.2, 0.25) is 0 Å². The molecule has 0 unspecified atom stereocenters. The van der Waals surface area contributed by atoms with Crippen LogP contribution < -0.4 is 11.1 Å². The average Bonchev–Trinajstić information content (AvgIpc) is 2.42. The van der Waals surface area contributed by atoms with E-state index in [2.05, 4.69) is 27.2 Å². The summed E-state index contributed by atoms with van der Waals surface area (Å²) < 4.78 is 0. The molecule has 0 amide bonds. The molecule has 0 aliphatic carbocycles. The van der Waals surface area contributed by atoms with Crippen LogP contribution in [0, 0.1) is 0 Å². The van der Waals surface area contributed by atoms with Crippen molar-refractivity contribution in [3.63, 3.8) is 0 Å². The lowest BCUT2D eigenvalue weighted by molar-refractivity contribution is 0.263. The summed E-state index contributed by atoms with van der Waals surface area (Å²) in [5.41, 5.74) is 7.49. The number of pyridine rings is 2. The second-order valence-electron chi connectivity index (χ2n) is 5.19. The molecule has 3 rings (SSSR count). The van der Waals surface area contributed by atoms with E-state index in [4.69, 9.17) is 5.73 Å². The Bertz CT molecular complexity index is 575. The highest BCUT2D eigenvalue weighted by Gasteiger charge is 2.17. The first-order chi connectivity index (χ1) is 9.22. The smallest absolute Gasteiger partial charge is 0.163 e. The van der Waals surface area contributed by atoms with Gasteiger partial charge in [-0.3, -0.25) is 0 Å². The number of nitrogen functional groups attached to an aromatic ring is 1. The molecular weight excluding hydrogens is 238 g/mol. The zero-order chi connectivity index (χ0) is 13.2. The molecule has 1 fully saturated rings. The van der Waals surface area contributed by atoms with Crippen molar-refractivity contribution < 1.29 is 0 Å². The van der Waals surface area contributed by atoms with Crippen molar-refractivity contribution in [2.75, 3.05) is 31.2 Å². The van der Waals surface area contributed by atoms with E-state index in [1.807, 2.05) is 18.2 Å². The van der Waals surface area contributed by atoms with E-state index >= 15 is 0 Å². The van der Waals surface area contributed by atoms with E-state index < -0.39 is 0 Å². The molecule has 0 saturated carbocycles. The molecule has 19 heavy (non-hydrogen) atoms. The molecule has 100 valence electrons. The van der Waals surface area contributed by atoms with E-state index in [0.29, 0.717) is 11.7 Å². The molecule has 0 radical (unpaired) electrons. The lowest BCUT2D eigenvalue weighted by Crippen LogP contribution is -2.36. The second kappa shape index (κ2) is 5.01. The van der Waals surface area contributed by atoms with Gasteiger partial charge in [-0.1, -0.05) is 0 Å². The van der Waals surface area contributed by atoms with Gasteiger partial charge >= 0.3 is 0 Å². The van der Waals surface area contributed by atoms with Crippen LogP contribution >= 0.6 is 0 Å². The van der Waals surface area contributed by atoms with Crippen LogP contribution in [-0.4, -0.2) is 41.0 Å². The molecule has 0 aromatic carbocycles. The van der Waals surface area contributed by atoms with Crippen molar-refractivity contribution in [3.05, 3.63) is 24.4 Å². The Labute approximate surface area is 112 Å². The van der Waals surface area contributed by atoms with Gasteiger partial charge in [-0.2, -0.15) is 0 Å². The number of nitrogens with two attached hydrogens (primary N) is 1. The fraction of sp³-hybridized carbons (Fsp3) is 0.429. The minimum atomic E-state index is 0.476. The van der Waals surface area contributed by atoms with E-state index in [0.717, 1.165) is 42.8 Å². The van der Waals surface area contributed by atoms with Gasteiger partial charge in [-0.05, 0) is 45.1 Å². The van der Waals surface area contributed by atoms with E-state index in [1.165, 1.54) is 0 Å². The third kappa shape index (κ3) is 2.61. The van der Waals surface area contributed by atoms with Gasteiger partial charge < -0.3 is 16.0 Å². The summed E-state index contributed by atoms with van der Waals surface area (Å²) in [4.78, 5) is 11.2. The van der Waals surface area contributed by atoms with Crippen LogP contribution in [0.5, 0.6) is 0 Å². The molecule has 3 heterocycles. The third-order valence-corrected chi connectivity index (χ3v) is 3.69. The van der Waals surface area contributed by atoms with Crippen LogP contribution in [0.4, 0.5) is 11.5 Å². The van der Waals surface area contributed by atoms with Gasteiger partial charge in [0.1, 0.15) is 5.82 Å². The Morgan fingerprint density at radius 2 is 2.16 bits per heavy atom. The summed E-state index contributed by atoms with van der Waals surface area (Å²) >= 11 is 0. The minimum Gasteiger partial charge on any atom is -0.398 e. The predicted molar refractivity (Wildman–Crippen MR) is 78.1 cm³/mol. The summed E-state index contributed by atoms with van der Waals surface area (Å²) in [5, 5.41) is 4.39. The highest BCUT2D eigenvalue weighted by atomic mass is 15.1. The van der Waals surface area contributed by atoms with E-state index in [-0.39, 0.29) is 0 Å². The Balaban J connectivity index is 1.81. The van der Waals surface area contributed by atoms with Crippen LogP contribution in [0.25, 0.3) is 11.0 Å². The first-order valence-corrected chi connectivity index (χ1v) is 6.69. The largest absolute Gasteiger partial charge is 0.398 e. The first-order valence-electron chi connectivity index (χ1n) is 6.69. The topological polar surface area (TPSA) is 67.1 Å². The molecule has 5 heteroatoms. The standard InChI is InChI=1S/C14H19N5/c1-19-7-4-10(5-8-19)17-13-9-12(15)11-3-2-6-16-14(11)18-13/h2-3,6,9-10H,4-5,7-8H2,1H3,(H3,15,16,17,18). The molecule has 3 N–H and O–H groups in total. The minimum absolute atomic E-state index is 0.476. The summed E-state index contributed by atoms with van der Waals surface area (Å²) in [5.74, 6) is 0.832. The molecule has 1 aliphatic rings. The molecule has 0 atom stereocenters. The fourth-order valence-electron chi connectivity index (χ4n) is 2.52. The number of nitrogens with zero attached hydrogens (tertiary/aromatic N) is 3. The lowest BCUT2D eigenvalue weighted by Gasteiger charge is -2.29. The maximum Gasteiger partial charge on any atom is 0.163 e. The van der Waals surface area contributed by atoms with Crippen molar-refractivity contribution in [3.8, 4) is 0 Å². The number of aromatic nitrogens is 2. The number of piperidine rings is 1. The Kier molecular flexibility index (Phi) is 3.21. The monoisotopic (exact) mass is 257 g/mol. The van der Waals surface area contributed by atoms with Gasteiger partial charge in [-0.15, -0.1) is 0 Å². The van der Waals surface area contributed by atoms with Crippen LogP contribution in [0.15, 0.2) is 24.4 Å². The number of rotatable bonds is 2. The summed E-state index contributed by atoms with van der Waals surface area (Å²) in [6, 6.07) is 6.21. The number of nitrogens with one attached hydrogen (secondary N) is 1. The van der Waals surface area contributed by atoms with E-state index in [9.17, 15) is 0 Å². The van der Waals surface area contributed by atoms with Gasteiger partial charge in [0.05, 0.1) is 0 Å². The first kappa shape index (κ1) is 12.2. The molecule has 0 bridgehead atoms. The van der Waals surface area contributed by atoms with Crippen LogP contribution in [0.3, 0.4) is 0 Å². The molecular formula is C14H19N5. The number of hydrogen-bond acceptors (Lipinski definition) is 5.